The summed E-state index contributed by atoms with van der Waals surface area (Å²) in [4.78, 5) is 13.4. The Morgan fingerprint density at radius 1 is 0.633 bits per heavy atom. The molecule has 0 amide bonds. The van der Waals surface area contributed by atoms with Crippen molar-refractivity contribution in [1.82, 2.24) is 0 Å². The maximum Gasteiger partial charge on any atom is 0.235 e. The lowest BCUT2D eigenvalue weighted by Crippen LogP contribution is -2.10. The quantitative estimate of drug-likeness (QED) is 0.329. The van der Waals surface area contributed by atoms with Gasteiger partial charge in [-0.1, -0.05) is 0 Å². The van der Waals surface area contributed by atoms with Gasteiger partial charge < -0.3 is 33.2 Å². The van der Waals surface area contributed by atoms with Gasteiger partial charge in [0.25, 0.3) is 0 Å². The molecule has 0 aliphatic rings. The van der Waals surface area contributed by atoms with Gasteiger partial charge in [-0.3, -0.25) is 4.79 Å². The van der Waals surface area contributed by atoms with E-state index in [0.717, 1.165) is 0 Å². The van der Waals surface area contributed by atoms with Crippen molar-refractivity contribution in [3.63, 3.8) is 0 Å². The van der Waals surface area contributed by atoms with Gasteiger partial charge >= 0.3 is 0 Å². The number of hydrogen-bond donors (Lipinski definition) is 0. The lowest BCUT2D eigenvalue weighted by Gasteiger charge is -2.16. The van der Waals surface area contributed by atoms with E-state index < -0.39 is 5.78 Å². The van der Waals surface area contributed by atoms with E-state index in [0.29, 0.717) is 28.6 Å². The second-order valence-electron chi connectivity index (χ2n) is 5.89. The van der Waals surface area contributed by atoms with Crippen molar-refractivity contribution in [3.8, 4) is 34.5 Å². The van der Waals surface area contributed by atoms with Crippen molar-refractivity contribution in [3.05, 3.63) is 41.2 Å². The number of carbonyl (C=O) groups excluding carboxylic acids is 1. The standard InChI is InChI=1S/C22H26O8/c1-24-13-8-16(26-3)15(17(9-13)27-4)12-20(30-7)22(23)21-18(28-5)10-14(25-2)11-19(21)29-6/h8-12H,1-7H3. The Bertz CT molecular complexity index is 883. The first-order chi connectivity index (χ1) is 14.5. The summed E-state index contributed by atoms with van der Waals surface area (Å²) >= 11 is 0. The number of Topliss-reactive ketones (excluding diaryl/α,β-unsaturated/α-hetero) is 1. The zero-order valence-corrected chi connectivity index (χ0v) is 18.2. The third-order valence-electron chi connectivity index (χ3n) is 4.41. The maximum absolute atomic E-state index is 13.4. The van der Waals surface area contributed by atoms with Crippen LogP contribution in [0.5, 0.6) is 34.5 Å². The van der Waals surface area contributed by atoms with Crippen LogP contribution in [0.3, 0.4) is 0 Å². The monoisotopic (exact) mass is 418 g/mol. The van der Waals surface area contributed by atoms with Crippen molar-refractivity contribution < 1.29 is 38.0 Å². The Hall–Kier alpha value is -3.55. The number of allylic oxidation sites excluding steroid dienone is 1. The van der Waals surface area contributed by atoms with Crippen LogP contribution in [-0.2, 0) is 4.74 Å². The molecule has 2 aromatic rings. The molecule has 0 saturated heterocycles. The van der Waals surface area contributed by atoms with Crippen molar-refractivity contribution in [2.45, 2.75) is 0 Å². The highest BCUT2D eigenvalue weighted by Gasteiger charge is 2.25. The Morgan fingerprint density at radius 2 is 1.03 bits per heavy atom. The minimum absolute atomic E-state index is 0.0264. The van der Waals surface area contributed by atoms with Crippen LogP contribution in [0.1, 0.15) is 15.9 Å². The summed E-state index contributed by atoms with van der Waals surface area (Å²) in [6.45, 7) is 0. The zero-order valence-electron chi connectivity index (χ0n) is 18.2. The number of ether oxygens (including phenoxy) is 7. The summed E-state index contributed by atoms with van der Waals surface area (Å²) in [6.07, 6.45) is 1.53. The van der Waals surface area contributed by atoms with E-state index in [2.05, 4.69) is 0 Å². The van der Waals surface area contributed by atoms with Crippen LogP contribution in [0.2, 0.25) is 0 Å². The number of benzene rings is 2. The minimum atomic E-state index is -0.450. The van der Waals surface area contributed by atoms with Gasteiger partial charge in [-0.2, -0.15) is 0 Å². The average molecular weight is 418 g/mol. The molecule has 30 heavy (non-hydrogen) atoms. The first-order valence-electron chi connectivity index (χ1n) is 8.88. The number of ketones is 1. The largest absolute Gasteiger partial charge is 0.496 e. The summed E-state index contributed by atoms with van der Waals surface area (Å²) in [5.41, 5.74) is 0.706. The molecule has 8 nitrogen and oxygen atoms in total. The molecule has 0 aliphatic heterocycles. The molecule has 0 aromatic heterocycles. The average Bonchev–Trinajstić information content (AvgIpc) is 2.80. The lowest BCUT2D eigenvalue weighted by molar-refractivity contribution is 0.0951. The summed E-state index contributed by atoms with van der Waals surface area (Å²) in [5.74, 6) is 2.07. The molecule has 0 radical (unpaired) electrons. The molecular weight excluding hydrogens is 392 g/mol. The van der Waals surface area contributed by atoms with Gasteiger partial charge in [-0.25, -0.2) is 0 Å². The van der Waals surface area contributed by atoms with E-state index in [1.807, 2.05) is 0 Å². The van der Waals surface area contributed by atoms with Crippen LogP contribution in [-0.4, -0.2) is 55.6 Å². The second kappa shape index (κ2) is 10.3. The van der Waals surface area contributed by atoms with Gasteiger partial charge in [-0.05, 0) is 6.08 Å². The topological polar surface area (TPSA) is 81.7 Å². The molecule has 0 heterocycles. The molecule has 0 fully saturated rings. The van der Waals surface area contributed by atoms with Gasteiger partial charge in [-0.15, -0.1) is 0 Å². The first kappa shape index (κ1) is 22.7. The van der Waals surface area contributed by atoms with Gasteiger partial charge in [0.15, 0.2) is 5.76 Å². The second-order valence-corrected chi connectivity index (χ2v) is 5.89. The number of carbonyl (C=O) groups is 1. The highest BCUT2D eigenvalue weighted by atomic mass is 16.5. The van der Waals surface area contributed by atoms with Crippen LogP contribution in [0, 0.1) is 0 Å². The van der Waals surface area contributed by atoms with Crippen LogP contribution in [0.4, 0.5) is 0 Å². The molecule has 0 atom stereocenters. The van der Waals surface area contributed by atoms with Gasteiger partial charge in [0.05, 0.1) is 55.3 Å². The normalized spacial score (nSPS) is 10.8. The Labute approximate surface area is 175 Å². The first-order valence-corrected chi connectivity index (χ1v) is 8.88. The smallest absolute Gasteiger partial charge is 0.235 e. The lowest BCUT2D eigenvalue weighted by atomic mass is 10.0. The number of rotatable bonds is 10. The summed E-state index contributed by atoms with van der Waals surface area (Å²) in [6, 6.07) is 6.55. The maximum atomic E-state index is 13.4. The highest BCUT2D eigenvalue weighted by Crippen LogP contribution is 2.38. The van der Waals surface area contributed by atoms with Crippen LogP contribution < -0.4 is 28.4 Å². The number of methoxy groups -OCH3 is 7. The predicted octanol–water partition coefficient (Wildman–Crippen LogP) is 3.61. The molecule has 162 valence electrons. The fourth-order valence-electron chi connectivity index (χ4n) is 2.88. The van der Waals surface area contributed by atoms with E-state index in [1.54, 1.807) is 24.3 Å². The van der Waals surface area contributed by atoms with Gasteiger partial charge in [0, 0.05) is 24.3 Å². The fourth-order valence-corrected chi connectivity index (χ4v) is 2.88. The zero-order chi connectivity index (χ0) is 22.3. The molecule has 0 bridgehead atoms. The van der Waals surface area contributed by atoms with Crippen molar-refractivity contribution in [1.29, 1.82) is 0 Å². The van der Waals surface area contributed by atoms with Crippen molar-refractivity contribution >= 4 is 11.9 Å². The molecule has 2 rings (SSSR count). The molecule has 0 saturated carbocycles. The van der Waals surface area contributed by atoms with E-state index in [9.17, 15) is 4.79 Å². The Kier molecular flexibility index (Phi) is 7.80. The van der Waals surface area contributed by atoms with E-state index in [-0.39, 0.29) is 22.8 Å². The molecule has 8 heteroatoms. The molecule has 2 aromatic carbocycles. The Balaban J connectivity index is 2.67. The van der Waals surface area contributed by atoms with Gasteiger partial charge in [0.2, 0.25) is 5.78 Å². The SMILES string of the molecule is COC(=Cc1c(OC)cc(OC)cc1OC)C(=O)c1c(OC)cc(OC)cc1OC. The summed E-state index contributed by atoms with van der Waals surface area (Å²) in [5, 5.41) is 0. The van der Waals surface area contributed by atoms with E-state index >= 15 is 0 Å². The van der Waals surface area contributed by atoms with Crippen molar-refractivity contribution in [2.75, 3.05) is 49.8 Å². The summed E-state index contributed by atoms with van der Waals surface area (Å²) in [7, 11) is 10.4. The predicted molar refractivity (Wildman–Crippen MR) is 112 cm³/mol. The summed E-state index contributed by atoms with van der Waals surface area (Å²) < 4.78 is 37.6. The third-order valence-corrected chi connectivity index (χ3v) is 4.41. The fraction of sp³-hybridized carbons (Fsp3) is 0.318. The van der Waals surface area contributed by atoms with Crippen LogP contribution in [0.15, 0.2) is 30.0 Å². The Morgan fingerprint density at radius 3 is 1.37 bits per heavy atom. The van der Waals surface area contributed by atoms with Crippen LogP contribution >= 0.6 is 0 Å². The molecule has 0 aliphatic carbocycles. The molecule has 0 N–H and O–H groups in total. The molecule has 0 spiro atoms. The highest BCUT2D eigenvalue weighted by molar-refractivity contribution is 6.13. The van der Waals surface area contributed by atoms with Crippen molar-refractivity contribution in [2.24, 2.45) is 0 Å². The van der Waals surface area contributed by atoms with Crippen LogP contribution in [0.25, 0.3) is 6.08 Å². The van der Waals surface area contributed by atoms with Gasteiger partial charge in [0.1, 0.15) is 40.1 Å². The molecule has 0 unspecified atom stereocenters. The number of hydrogen-bond acceptors (Lipinski definition) is 8. The molecular formula is C22H26O8. The third kappa shape index (κ3) is 4.53. The minimum Gasteiger partial charge on any atom is -0.496 e. The van der Waals surface area contributed by atoms with E-state index in [4.69, 9.17) is 33.2 Å². The van der Waals surface area contributed by atoms with E-state index in [1.165, 1.54) is 55.8 Å².